The summed E-state index contributed by atoms with van der Waals surface area (Å²) < 4.78 is 6.15. The largest absolute Gasteiger partial charge is 0.493 e. The molecule has 1 fully saturated rings. The fourth-order valence-corrected chi connectivity index (χ4v) is 4.53. The highest BCUT2D eigenvalue weighted by Crippen LogP contribution is 2.26. The molecule has 1 N–H and O–H groups in total. The van der Waals surface area contributed by atoms with E-state index >= 15 is 0 Å². The number of ether oxygens (including phenoxy) is 1. The van der Waals surface area contributed by atoms with Gasteiger partial charge in [-0.2, -0.15) is 0 Å². The van der Waals surface area contributed by atoms with E-state index < -0.39 is 0 Å². The van der Waals surface area contributed by atoms with Gasteiger partial charge in [-0.05, 0) is 80.6 Å². The number of piperidine rings is 1. The fourth-order valence-electron chi connectivity index (χ4n) is 4.53. The molecule has 1 amide bonds. The van der Waals surface area contributed by atoms with Crippen LogP contribution in [0.25, 0.3) is 0 Å². The van der Waals surface area contributed by atoms with Crippen LogP contribution in [-0.2, 0) is 13.0 Å². The molecule has 2 bridgehead atoms. The second kappa shape index (κ2) is 10.3. The number of likely N-dealkylation sites (tertiary alicyclic amines) is 1. The first-order valence-corrected chi connectivity index (χ1v) is 11.6. The molecule has 0 aliphatic carbocycles. The predicted octanol–water partition coefficient (Wildman–Crippen LogP) is 3.87. The maximum atomic E-state index is 13.1. The predicted molar refractivity (Wildman–Crippen MR) is 123 cm³/mol. The van der Waals surface area contributed by atoms with Crippen LogP contribution >= 0.6 is 0 Å². The second-order valence-electron chi connectivity index (χ2n) is 8.99. The van der Waals surface area contributed by atoms with Crippen molar-refractivity contribution in [3.63, 3.8) is 0 Å². The Kier molecular flexibility index (Phi) is 7.25. The number of nitrogens with zero attached hydrogens (tertiary/aromatic N) is 2. The van der Waals surface area contributed by atoms with Crippen molar-refractivity contribution in [2.24, 2.45) is 0 Å². The lowest BCUT2D eigenvalue weighted by Crippen LogP contribution is -2.40. The number of amides is 1. The molecule has 1 saturated heterocycles. The van der Waals surface area contributed by atoms with Gasteiger partial charge >= 0.3 is 0 Å². The summed E-state index contributed by atoms with van der Waals surface area (Å²) in [6.07, 6.45) is 5.12. The summed E-state index contributed by atoms with van der Waals surface area (Å²) in [7, 11) is 2.18. The summed E-state index contributed by atoms with van der Waals surface area (Å²) in [6.45, 7) is 3.98. The Hall–Kier alpha value is -2.37. The molecule has 4 rings (SSSR count). The number of fused-ring (bicyclic) bond motifs is 3. The third kappa shape index (κ3) is 5.86. The van der Waals surface area contributed by atoms with Crippen molar-refractivity contribution >= 4 is 5.91 Å². The lowest BCUT2D eigenvalue weighted by molar-refractivity contribution is 0.0546. The van der Waals surface area contributed by atoms with Crippen molar-refractivity contribution in [1.82, 2.24) is 9.80 Å². The molecule has 0 spiro atoms. The van der Waals surface area contributed by atoms with Crippen molar-refractivity contribution in [3.05, 3.63) is 64.7 Å². The summed E-state index contributed by atoms with van der Waals surface area (Å²) in [6, 6.07) is 14.6. The van der Waals surface area contributed by atoms with E-state index in [-0.39, 0.29) is 12.0 Å². The molecular weight excluding hydrogens is 388 g/mol. The Balaban J connectivity index is 1.59. The smallest absolute Gasteiger partial charge is 0.253 e. The Morgan fingerprint density at radius 3 is 2.65 bits per heavy atom. The highest BCUT2D eigenvalue weighted by Gasteiger charge is 2.23. The number of carbonyl (C=O) groups excluding carboxylic acids is 1. The first-order valence-electron chi connectivity index (χ1n) is 11.6. The van der Waals surface area contributed by atoms with Crippen molar-refractivity contribution in [2.45, 2.75) is 51.2 Å². The molecule has 2 aromatic rings. The summed E-state index contributed by atoms with van der Waals surface area (Å²) >= 11 is 0. The van der Waals surface area contributed by atoms with E-state index in [2.05, 4.69) is 36.2 Å². The van der Waals surface area contributed by atoms with Gasteiger partial charge in [0.2, 0.25) is 0 Å². The Bertz CT molecular complexity index is 890. The first kappa shape index (κ1) is 21.8. The van der Waals surface area contributed by atoms with Crippen molar-refractivity contribution in [3.8, 4) is 5.75 Å². The number of aliphatic hydroxyl groups is 1. The molecule has 2 heterocycles. The van der Waals surface area contributed by atoms with Gasteiger partial charge in [0.15, 0.2) is 0 Å². The molecule has 0 aromatic heterocycles. The minimum absolute atomic E-state index is 0.0458. The van der Waals surface area contributed by atoms with Crippen LogP contribution in [0.5, 0.6) is 5.75 Å². The SMILES string of the molecule is CN1CCCCCOc2ccc(C(=O)N3CCC(O)CC3)cc2Cc2cccc(c2)C1. The molecule has 166 valence electrons. The van der Waals surface area contributed by atoms with Crippen LogP contribution in [0, 0.1) is 0 Å². The lowest BCUT2D eigenvalue weighted by atomic mass is 9.99. The van der Waals surface area contributed by atoms with Crippen LogP contribution in [-0.4, -0.2) is 60.2 Å². The maximum absolute atomic E-state index is 13.1. The summed E-state index contributed by atoms with van der Waals surface area (Å²) in [5, 5.41) is 9.75. The second-order valence-corrected chi connectivity index (χ2v) is 8.99. The van der Waals surface area contributed by atoms with Gasteiger partial charge in [-0.15, -0.1) is 0 Å². The Labute approximate surface area is 185 Å². The van der Waals surface area contributed by atoms with E-state index in [0.717, 1.165) is 43.7 Å². The Morgan fingerprint density at radius 1 is 1.00 bits per heavy atom. The van der Waals surface area contributed by atoms with Crippen LogP contribution in [0.3, 0.4) is 0 Å². The van der Waals surface area contributed by atoms with E-state index in [4.69, 9.17) is 4.74 Å². The number of rotatable bonds is 1. The summed E-state index contributed by atoms with van der Waals surface area (Å²) in [4.78, 5) is 17.3. The van der Waals surface area contributed by atoms with Gasteiger partial charge in [-0.3, -0.25) is 4.79 Å². The average Bonchev–Trinajstić information content (AvgIpc) is 2.76. The molecule has 2 aliphatic heterocycles. The third-order valence-corrected chi connectivity index (χ3v) is 6.34. The highest BCUT2D eigenvalue weighted by molar-refractivity contribution is 5.94. The highest BCUT2D eigenvalue weighted by atomic mass is 16.5. The zero-order valence-corrected chi connectivity index (χ0v) is 18.6. The minimum Gasteiger partial charge on any atom is -0.493 e. The van der Waals surface area contributed by atoms with Crippen molar-refractivity contribution < 1.29 is 14.6 Å². The number of hydrogen-bond acceptors (Lipinski definition) is 4. The molecule has 0 unspecified atom stereocenters. The molecule has 0 atom stereocenters. The van der Waals surface area contributed by atoms with Crippen molar-refractivity contribution in [1.29, 1.82) is 0 Å². The molecule has 0 saturated carbocycles. The van der Waals surface area contributed by atoms with E-state index in [0.29, 0.717) is 38.1 Å². The van der Waals surface area contributed by atoms with Crippen LogP contribution in [0.4, 0.5) is 0 Å². The maximum Gasteiger partial charge on any atom is 0.253 e. The van der Waals surface area contributed by atoms with Crippen LogP contribution in [0.1, 0.15) is 59.2 Å². The van der Waals surface area contributed by atoms with Crippen molar-refractivity contribution in [2.75, 3.05) is 33.3 Å². The van der Waals surface area contributed by atoms with Crippen LogP contribution in [0.2, 0.25) is 0 Å². The third-order valence-electron chi connectivity index (χ3n) is 6.34. The number of benzene rings is 2. The zero-order chi connectivity index (χ0) is 21.6. The minimum atomic E-state index is -0.284. The van der Waals surface area contributed by atoms with E-state index in [1.807, 2.05) is 23.1 Å². The molecule has 5 heteroatoms. The van der Waals surface area contributed by atoms with Gasteiger partial charge in [-0.25, -0.2) is 0 Å². The first-order chi connectivity index (χ1) is 15.1. The molecule has 2 aromatic carbocycles. The average molecular weight is 423 g/mol. The molecule has 0 radical (unpaired) electrons. The standard InChI is InChI=1S/C26H34N2O3/c1-27-12-3-2-4-15-31-25-9-8-22(26(30)28-13-10-24(29)11-14-28)18-23(25)17-20-6-5-7-21(16-20)19-27/h5-9,16,18,24,29H,2-4,10-15,17,19H2,1H3. The molecule has 5 nitrogen and oxygen atoms in total. The van der Waals surface area contributed by atoms with Gasteiger partial charge in [0.1, 0.15) is 5.75 Å². The number of aliphatic hydroxyl groups excluding tert-OH is 1. The van der Waals surface area contributed by atoms with Crippen LogP contribution < -0.4 is 4.74 Å². The fraction of sp³-hybridized carbons (Fsp3) is 0.500. The van der Waals surface area contributed by atoms with Gasteiger partial charge in [-0.1, -0.05) is 24.3 Å². The molecule has 31 heavy (non-hydrogen) atoms. The zero-order valence-electron chi connectivity index (χ0n) is 18.6. The van der Waals surface area contributed by atoms with E-state index in [1.54, 1.807) is 0 Å². The van der Waals surface area contributed by atoms with E-state index in [9.17, 15) is 9.90 Å². The molecule has 2 aliphatic rings. The van der Waals surface area contributed by atoms with Crippen LogP contribution in [0.15, 0.2) is 42.5 Å². The van der Waals surface area contributed by atoms with Gasteiger partial charge in [0.05, 0.1) is 12.7 Å². The molecular formula is C26H34N2O3. The van der Waals surface area contributed by atoms with Gasteiger partial charge in [0, 0.05) is 31.6 Å². The number of carbonyl (C=O) groups is 1. The number of hydrogen-bond donors (Lipinski definition) is 1. The van der Waals surface area contributed by atoms with Gasteiger partial charge in [0.25, 0.3) is 5.91 Å². The normalized spacial score (nSPS) is 19.2. The summed E-state index contributed by atoms with van der Waals surface area (Å²) in [5.41, 5.74) is 4.32. The van der Waals surface area contributed by atoms with E-state index in [1.165, 1.54) is 17.5 Å². The quantitative estimate of drug-likeness (QED) is 0.758. The monoisotopic (exact) mass is 422 g/mol. The topological polar surface area (TPSA) is 53.0 Å². The summed E-state index contributed by atoms with van der Waals surface area (Å²) in [5.74, 6) is 0.926. The Morgan fingerprint density at radius 2 is 1.81 bits per heavy atom. The van der Waals surface area contributed by atoms with Gasteiger partial charge < -0.3 is 19.6 Å². The lowest BCUT2D eigenvalue weighted by Gasteiger charge is -2.29.